The Labute approximate surface area is 142 Å². The van der Waals surface area contributed by atoms with Crippen LogP contribution in [0.3, 0.4) is 0 Å². The van der Waals surface area contributed by atoms with Gasteiger partial charge in [0.2, 0.25) is 0 Å². The highest BCUT2D eigenvalue weighted by molar-refractivity contribution is 7.17. The molecule has 3 heterocycles. The Morgan fingerprint density at radius 1 is 1.29 bits per heavy atom. The fourth-order valence-electron chi connectivity index (χ4n) is 2.30. The minimum Gasteiger partial charge on any atom is -0.459 e. The summed E-state index contributed by atoms with van der Waals surface area (Å²) < 4.78 is 7.09. The first kappa shape index (κ1) is 16.2. The number of pyridine rings is 1. The van der Waals surface area contributed by atoms with E-state index >= 15 is 0 Å². The number of anilines is 1. The van der Waals surface area contributed by atoms with Gasteiger partial charge in [0.15, 0.2) is 10.8 Å². The lowest BCUT2D eigenvalue weighted by Gasteiger charge is -2.07. The van der Waals surface area contributed by atoms with E-state index in [0.29, 0.717) is 33.6 Å². The van der Waals surface area contributed by atoms with E-state index in [9.17, 15) is 9.59 Å². The smallest absolute Gasteiger partial charge is 0.267 e. The van der Waals surface area contributed by atoms with Gasteiger partial charge in [-0.1, -0.05) is 0 Å². The van der Waals surface area contributed by atoms with Crippen LogP contribution in [-0.4, -0.2) is 15.5 Å². The van der Waals surface area contributed by atoms with Crippen molar-refractivity contribution in [2.24, 2.45) is 0 Å². The molecule has 0 saturated heterocycles. The molecular formula is C17H17N3O3S. The summed E-state index contributed by atoms with van der Waals surface area (Å²) in [7, 11) is 0. The van der Waals surface area contributed by atoms with Crippen LogP contribution in [0, 0.1) is 13.8 Å². The molecule has 6 nitrogen and oxygen atoms in total. The van der Waals surface area contributed by atoms with Crippen LogP contribution in [0.4, 0.5) is 5.69 Å². The van der Waals surface area contributed by atoms with Crippen molar-refractivity contribution in [1.82, 2.24) is 9.55 Å². The molecule has 1 amide bonds. The average molecular weight is 343 g/mol. The summed E-state index contributed by atoms with van der Waals surface area (Å²) in [6.07, 6.45) is 1.63. The molecule has 3 aromatic heterocycles. The second-order valence-corrected chi connectivity index (χ2v) is 6.34. The molecule has 0 spiro atoms. The van der Waals surface area contributed by atoms with Gasteiger partial charge in [-0.05, 0) is 39.0 Å². The fraction of sp³-hybridized carbons (Fsp3) is 0.235. The summed E-state index contributed by atoms with van der Waals surface area (Å²) in [5.41, 5.74) is 1.12. The molecule has 0 aliphatic heterocycles. The number of hydrogen-bond donors (Lipinski definition) is 1. The number of nitrogens with zero attached hydrogens (tertiary/aromatic N) is 2. The lowest BCUT2D eigenvalue weighted by Crippen LogP contribution is -2.19. The third kappa shape index (κ3) is 3.16. The van der Waals surface area contributed by atoms with Crippen molar-refractivity contribution in [3.05, 3.63) is 57.1 Å². The number of furan rings is 1. The molecule has 1 N–H and O–H groups in total. The minimum atomic E-state index is -0.249. The number of nitrogens with one attached hydrogen (secondary N) is 1. The molecule has 0 aliphatic carbocycles. The van der Waals surface area contributed by atoms with E-state index < -0.39 is 0 Å². The zero-order valence-electron chi connectivity index (χ0n) is 13.6. The number of aromatic nitrogens is 2. The topological polar surface area (TPSA) is 77.1 Å². The number of hydrogen-bond acceptors (Lipinski definition) is 5. The second-order valence-electron chi connectivity index (χ2n) is 5.34. The highest BCUT2D eigenvalue weighted by Gasteiger charge is 2.18. The van der Waals surface area contributed by atoms with Crippen LogP contribution < -0.4 is 10.9 Å². The number of thiazole rings is 1. The van der Waals surface area contributed by atoms with E-state index in [4.69, 9.17) is 4.42 Å². The second kappa shape index (κ2) is 6.45. The molecule has 0 saturated carbocycles. The van der Waals surface area contributed by atoms with Gasteiger partial charge < -0.3 is 14.3 Å². The largest absolute Gasteiger partial charge is 0.459 e. The molecule has 0 aliphatic rings. The molecule has 124 valence electrons. The van der Waals surface area contributed by atoms with Crippen molar-refractivity contribution in [3.8, 4) is 10.8 Å². The number of carbonyl (C=O) groups is 1. The summed E-state index contributed by atoms with van der Waals surface area (Å²) in [4.78, 5) is 29.1. The summed E-state index contributed by atoms with van der Waals surface area (Å²) in [6, 6.07) is 6.74. The summed E-state index contributed by atoms with van der Waals surface area (Å²) in [5.74, 6) is 1.20. The number of carbonyl (C=O) groups excluding carboxylic acids is 1. The van der Waals surface area contributed by atoms with Crippen LogP contribution in [0.25, 0.3) is 10.8 Å². The highest BCUT2D eigenvalue weighted by atomic mass is 32.1. The maximum absolute atomic E-state index is 12.5. The summed E-state index contributed by atoms with van der Waals surface area (Å²) in [5, 5.41) is 3.48. The first-order chi connectivity index (χ1) is 11.5. The van der Waals surface area contributed by atoms with E-state index in [1.165, 1.54) is 22.0 Å². The molecule has 0 fully saturated rings. The molecule has 0 atom stereocenters. The average Bonchev–Trinajstić information content (AvgIpc) is 3.15. The monoisotopic (exact) mass is 343 g/mol. The molecule has 0 aromatic carbocycles. The van der Waals surface area contributed by atoms with Crippen LogP contribution >= 0.6 is 11.3 Å². The zero-order valence-corrected chi connectivity index (χ0v) is 14.4. The lowest BCUT2D eigenvalue weighted by atomic mass is 10.3. The van der Waals surface area contributed by atoms with Gasteiger partial charge in [-0.3, -0.25) is 9.59 Å². The number of aryl methyl sites for hydroxylation is 3. The van der Waals surface area contributed by atoms with Crippen LogP contribution in [0.5, 0.6) is 0 Å². The van der Waals surface area contributed by atoms with Crippen molar-refractivity contribution in [2.45, 2.75) is 27.3 Å². The van der Waals surface area contributed by atoms with E-state index in [1.54, 1.807) is 19.2 Å². The summed E-state index contributed by atoms with van der Waals surface area (Å²) >= 11 is 1.28. The normalized spacial score (nSPS) is 10.8. The van der Waals surface area contributed by atoms with Crippen LogP contribution in [0.1, 0.15) is 28.0 Å². The maximum atomic E-state index is 12.5. The Kier molecular flexibility index (Phi) is 4.35. The molecule has 3 aromatic rings. The molecule has 24 heavy (non-hydrogen) atoms. The zero-order chi connectivity index (χ0) is 17.3. The van der Waals surface area contributed by atoms with Crippen molar-refractivity contribution < 1.29 is 9.21 Å². The van der Waals surface area contributed by atoms with Gasteiger partial charge in [0, 0.05) is 18.8 Å². The SMILES string of the molecule is CCn1cc(NC(=O)c2sc(-c3ccc(C)o3)nc2C)ccc1=O. The van der Waals surface area contributed by atoms with Crippen molar-refractivity contribution in [3.63, 3.8) is 0 Å². The third-order valence-electron chi connectivity index (χ3n) is 3.54. The lowest BCUT2D eigenvalue weighted by molar-refractivity contribution is 0.102. The first-order valence-corrected chi connectivity index (χ1v) is 8.35. The van der Waals surface area contributed by atoms with Gasteiger partial charge in [0.05, 0.1) is 11.4 Å². The van der Waals surface area contributed by atoms with Crippen LogP contribution in [0.15, 0.2) is 39.7 Å². The molecular weight excluding hydrogens is 326 g/mol. The molecule has 0 radical (unpaired) electrons. The van der Waals surface area contributed by atoms with Crippen molar-refractivity contribution in [1.29, 1.82) is 0 Å². The van der Waals surface area contributed by atoms with Gasteiger partial charge in [0.25, 0.3) is 11.5 Å². The van der Waals surface area contributed by atoms with Crippen molar-refractivity contribution >= 4 is 22.9 Å². The van der Waals surface area contributed by atoms with Gasteiger partial charge >= 0.3 is 0 Å². The molecule has 0 bridgehead atoms. The molecule has 0 unspecified atom stereocenters. The number of amides is 1. The van der Waals surface area contributed by atoms with Crippen LogP contribution in [0.2, 0.25) is 0 Å². The molecule has 3 rings (SSSR count). The Hall–Kier alpha value is -2.67. The third-order valence-corrected chi connectivity index (χ3v) is 4.71. The summed E-state index contributed by atoms with van der Waals surface area (Å²) in [6.45, 7) is 6.07. The Balaban J connectivity index is 1.85. The predicted octanol–water partition coefficient (Wildman–Crippen LogP) is 3.45. The number of rotatable bonds is 4. The van der Waals surface area contributed by atoms with Crippen LogP contribution in [-0.2, 0) is 6.54 Å². The quantitative estimate of drug-likeness (QED) is 0.787. The van der Waals surface area contributed by atoms with E-state index in [-0.39, 0.29) is 11.5 Å². The van der Waals surface area contributed by atoms with E-state index in [1.807, 2.05) is 26.0 Å². The highest BCUT2D eigenvalue weighted by Crippen LogP contribution is 2.29. The Morgan fingerprint density at radius 3 is 2.75 bits per heavy atom. The standard InChI is InChI=1S/C17H17N3O3S/c1-4-20-9-12(6-8-14(20)21)19-16(22)15-11(3)18-17(24-15)13-7-5-10(2)23-13/h5-9H,4H2,1-3H3,(H,19,22). The fourth-order valence-corrected chi connectivity index (χ4v) is 3.23. The maximum Gasteiger partial charge on any atom is 0.267 e. The van der Waals surface area contributed by atoms with Crippen molar-refractivity contribution in [2.75, 3.05) is 5.32 Å². The van der Waals surface area contributed by atoms with Gasteiger partial charge in [0.1, 0.15) is 10.6 Å². The van der Waals surface area contributed by atoms with E-state index in [2.05, 4.69) is 10.3 Å². The predicted molar refractivity (Wildman–Crippen MR) is 93.6 cm³/mol. The minimum absolute atomic E-state index is 0.0973. The van der Waals surface area contributed by atoms with E-state index in [0.717, 1.165) is 5.76 Å². The van der Waals surface area contributed by atoms with Gasteiger partial charge in [-0.15, -0.1) is 11.3 Å². The first-order valence-electron chi connectivity index (χ1n) is 7.54. The Morgan fingerprint density at radius 2 is 2.08 bits per heavy atom. The van der Waals surface area contributed by atoms with Gasteiger partial charge in [-0.2, -0.15) is 0 Å². The Bertz CT molecular complexity index is 952. The molecule has 7 heteroatoms. The van der Waals surface area contributed by atoms with Gasteiger partial charge in [-0.25, -0.2) is 4.98 Å².